The van der Waals surface area contributed by atoms with Crippen LogP contribution in [0.5, 0.6) is 0 Å². The van der Waals surface area contributed by atoms with Crippen molar-refractivity contribution in [3.8, 4) is 0 Å². The van der Waals surface area contributed by atoms with E-state index in [0.29, 0.717) is 0 Å². The minimum atomic E-state index is 0.862. The van der Waals surface area contributed by atoms with Gasteiger partial charge >= 0.3 is 0 Å². The topological polar surface area (TPSA) is 28.2 Å². The SMILES string of the molecule is CCc1ncc(CNCC2CC3CCC(C2)N3C)s1. The molecule has 0 amide bonds. The second-order valence-corrected chi connectivity index (χ2v) is 7.29. The highest BCUT2D eigenvalue weighted by atomic mass is 32.1. The fourth-order valence-corrected chi connectivity index (χ4v) is 4.52. The third-order valence-corrected chi connectivity index (χ3v) is 5.97. The summed E-state index contributed by atoms with van der Waals surface area (Å²) in [6, 6.07) is 1.72. The van der Waals surface area contributed by atoms with Gasteiger partial charge in [0.25, 0.3) is 0 Å². The van der Waals surface area contributed by atoms with Crippen LogP contribution < -0.4 is 5.32 Å². The predicted octanol–water partition coefficient (Wildman–Crippen LogP) is 2.67. The zero-order valence-electron chi connectivity index (χ0n) is 12.1. The lowest BCUT2D eigenvalue weighted by atomic mass is 9.91. The molecular weight excluding hydrogens is 254 g/mol. The van der Waals surface area contributed by atoms with E-state index in [1.165, 1.54) is 42.1 Å². The number of piperidine rings is 1. The van der Waals surface area contributed by atoms with Gasteiger partial charge in [-0.15, -0.1) is 11.3 Å². The van der Waals surface area contributed by atoms with Gasteiger partial charge in [0, 0.05) is 29.7 Å². The Balaban J connectivity index is 1.43. The van der Waals surface area contributed by atoms with E-state index in [9.17, 15) is 0 Å². The number of thiazole rings is 1. The molecule has 19 heavy (non-hydrogen) atoms. The Labute approximate surface area is 120 Å². The van der Waals surface area contributed by atoms with Crippen LogP contribution in [0.25, 0.3) is 0 Å². The summed E-state index contributed by atoms with van der Waals surface area (Å²) in [5, 5.41) is 4.90. The maximum absolute atomic E-state index is 4.42. The number of hydrogen-bond donors (Lipinski definition) is 1. The van der Waals surface area contributed by atoms with E-state index in [1.807, 2.05) is 17.5 Å². The maximum Gasteiger partial charge on any atom is 0.0925 e. The highest BCUT2D eigenvalue weighted by Gasteiger charge is 2.37. The zero-order valence-corrected chi connectivity index (χ0v) is 12.9. The monoisotopic (exact) mass is 279 g/mol. The van der Waals surface area contributed by atoms with Gasteiger partial charge in [-0.2, -0.15) is 0 Å². The summed E-state index contributed by atoms with van der Waals surface area (Å²) < 4.78 is 0. The number of hydrogen-bond acceptors (Lipinski definition) is 4. The predicted molar refractivity (Wildman–Crippen MR) is 80.5 cm³/mol. The third kappa shape index (κ3) is 3.01. The van der Waals surface area contributed by atoms with Crippen molar-refractivity contribution in [2.24, 2.45) is 5.92 Å². The normalized spacial score (nSPS) is 30.9. The first-order chi connectivity index (χ1) is 9.26. The van der Waals surface area contributed by atoms with E-state index in [2.05, 4.69) is 29.2 Å². The van der Waals surface area contributed by atoms with Gasteiger partial charge in [-0.3, -0.25) is 0 Å². The van der Waals surface area contributed by atoms with Gasteiger partial charge < -0.3 is 10.2 Å². The second kappa shape index (κ2) is 5.90. The smallest absolute Gasteiger partial charge is 0.0925 e. The fraction of sp³-hybridized carbons (Fsp3) is 0.800. The van der Waals surface area contributed by atoms with Gasteiger partial charge in [-0.1, -0.05) is 6.92 Å². The van der Waals surface area contributed by atoms with Crippen LogP contribution in [0.4, 0.5) is 0 Å². The highest BCUT2D eigenvalue weighted by Crippen LogP contribution is 2.37. The van der Waals surface area contributed by atoms with Crippen molar-refractivity contribution in [2.75, 3.05) is 13.6 Å². The Kier molecular flexibility index (Phi) is 4.20. The molecule has 3 nitrogen and oxygen atoms in total. The van der Waals surface area contributed by atoms with Crippen LogP contribution in [0.15, 0.2) is 6.20 Å². The minimum Gasteiger partial charge on any atom is -0.312 e. The quantitative estimate of drug-likeness (QED) is 0.898. The maximum atomic E-state index is 4.42. The first-order valence-electron chi connectivity index (χ1n) is 7.62. The molecule has 2 unspecified atom stereocenters. The molecule has 2 bridgehead atoms. The van der Waals surface area contributed by atoms with Gasteiger partial charge in [-0.05, 0) is 51.6 Å². The van der Waals surface area contributed by atoms with Crippen LogP contribution >= 0.6 is 11.3 Å². The van der Waals surface area contributed by atoms with Gasteiger partial charge in [0.05, 0.1) is 5.01 Å². The first kappa shape index (κ1) is 13.5. The summed E-state index contributed by atoms with van der Waals surface area (Å²) in [4.78, 5) is 8.42. The molecule has 0 radical (unpaired) electrons. The fourth-order valence-electron chi connectivity index (χ4n) is 3.68. The van der Waals surface area contributed by atoms with Crippen molar-refractivity contribution in [3.63, 3.8) is 0 Å². The molecule has 2 aliphatic rings. The lowest BCUT2D eigenvalue weighted by Gasteiger charge is -2.36. The van der Waals surface area contributed by atoms with Crippen molar-refractivity contribution >= 4 is 11.3 Å². The van der Waals surface area contributed by atoms with E-state index in [1.54, 1.807) is 0 Å². The van der Waals surface area contributed by atoms with Crippen LogP contribution in [-0.2, 0) is 13.0 Å². The van der Waals surface area contributed by atoms with Crippen molar-refractivity contribution in [2.45, 2.75) is 57.7 Å². The number of aryl methyl sites for hydroxylation is 1. The summed E-state index contributed by atoms with van der Waals surface area (Å²) in [6.45, 7) is 4.35. The van der Waals surface area contributed by atoms with Crippen molar-refractivity contribution < 1.29 is 0 Å². The molecule has 0 spiro atoms. The Bertz CT molecular complexity index is 403. The van der Waals surface area contributed by atoms with E-state index in [-0.39, 0.29) is 0 Å². The lowest BCUT2D eigenvalue weighted by molar-refractivity contribution is 0.133. The Morgan fingerprint density at radius 3 is 2.74 bits per heavy atom. The number of aromatic nitrogens is 1. The number of fused-ring (bicyclic) bond motifs is 2. The molecule has 2 fully saturated rings. The standard InChI is InChI=1S/C15H25N3S/c1-3-15-17-10-14(19-15)9-16-8-11-6-12-4-5-13(7-11)18(12)2/h10-13,16H,3-9H2,1-2H3. The molecule has 1 N–H and O–H groups in total. The second-order valence-electron chi connectivity index (χ2n) is 6.09. The Morgan fingerprint density at radius 2 is 2.11 bits per heavy atom. The Morgan fingerprint density at radius 1 is 1.37 bits per heavy atom. The number of nitrogens with zero attached hydrogens (tertiary/aromatic N) is 2. The molecule has 2 saturated heterocycles. The molecule has 4 heteroatoms. The summed E-state index contributed by atoms with van der Waals surface area (Å²) >= 11 is 1.85. The molecule has 3 rings (SSSR count). The number of nitrogens with one attached hydrogen (secondary N) is 1. The third-order valence-electron chi connectivity index (χ3n) is 4.83. The molecule has 0 aliphatic carbocycles. The zero-order chi connectivity index (χ0) is 13.2. The number of rotatable bonds is 5. The average Bonchev–Trinajstić information content (AvgIpc) is 2.93. The van der Waals surface area contributed by atoms with Gasteiger partial charge in [0.1, 0.15) is 0 Å². The molecule has 0 aromatic carbocycles. The molecule has 2 atom stereocenters. The van der Waals surface area contributed by atoms with Crippen molar-refractivity contribution in [3.05, 3.63) is 16.1 Å². The molecule has 0 saturated carbocycles. The van der Waals surface area contributed by atoms with E-state index in [4.69, 9.17) is 0 Å². The molecule has 2 aliphatic heterocycles. The van der Waals surface area contributed by atoms with E-state index >= 15 is 0 Å². The van der Waals surface area contributed by atoms with Crippen LogP contribution in [0, 0.1) is 5.92 Å². The Hall–Kier alpha value is -0.450. The van der Waals surface area contributed by atoms with E-state index in [0.717, 1.165) is 31.0 Å². The molecule has 1 aromatic heterocycles. The largest absolute Gasteiger partial charge is 0.312 e. The van der Waals surface area contributed by atoms with Crippen molar-refractivity contribution in [1.29, 1.82) is 0 Å². The van der Waals surface area contributed by atoms with Gasteiger partial charge in [0.15, 0.2) is 0 Å². The highest BCUT2D eigenvalue weighted by molar-refractivity contribution is 7.11. The van der Waals surface area contributed by atoms with E-state index < -0.39 is 0 Å². The van der Waals surface area contributed by atoms with Crippen LogP contribution in [0.3, 0.4) is 0 Å². The molecule has 106 valence electrons. The summed E-state index contributed by atoms with van der Waals surface area (Å²) in [6.07, 6.45) is 8.72. The molecular formula is C15H25N3S. The van der Waals surface area contributed by atoms with Crippen LogP contribution in [-0.4, -0.2) is 35.6 Å². The van der Waals surface area contributed by atoms with Gasteiger partial charge in [-0.25, -0.2) is 4.98 Å². The molecule has 1 aromatic rings. The lowest BCUT2D eigenvalue weighted by Crippen LogP contribution is -2.42. The average molecular weight is 279 g/mol. The van der Waals surface area contributed by atoms with Crippen LogP contribution in [0.1, 0.15) is 42.5 Å². The molecule has 3 heterocycles. The van der Waals surface area contributed by atoms with Gasteiger partial charge in [0.2, 0.25) is 0 Å². The van der Waals surface area contributed by atoms with Crippen LogP contribution in [0.2, 0.25) is 0 Å². The summed E-state index contributed by atoms with van der Waals surface area (Å²) in [7, 11) is 2.32. The minimum absolute atomic E-state index is 0.862. The summed E-state index contributed by atoms with van der Waals surface area (Å²) in [5.74, 6) is 0.882. The first-order valence-corrected chi connectivity index (χ1v) is 8.44. The van der Waals surface area contributed by atoms with Crippen molar-refractivity contribution in [1.82, 2.24) is 15.2 Å². The summed E-state index contributed by atoms with van der Waals surface area (Å²) in [5.41, 5.74) is 0.